The largest absolute Gasteiger partial charge is 0.494 e. The van der Waals surface area contributed by atoms with Gasteiger partial charge in [0, 0.05) is 30.1 Å². The number of benzene rings is 2. The third-order valence-corrected chi connectivity index (χ3v) is 4.99. The van der Waals surface area contributed by atoms with Crippen molar-refractivity contribution in [3.63, 3.8) is 0 Å². The van der Waals surface area contributed by atoms with Crippen molar-refractivity contribution in [3.8, 4) is 5.75 Å². The lowest BCUT2D eigenvalue weighted by molar-refractivity contribution is -0.127. The molecule has 6 nitrogen and oxygen atoms in total. The molecule has 3 aromatic rings. The summed E-state index contributed by atoms with van der Waals surface area (Å²) in [5.74, 6) is 0.625. The molecule has 0 aliphatic carbocycles. The van der Waals surface area contributed by atoms with E-state index in [1.807, 2.05) is 61.7 Å². The van der Waals surface area contributed by atoms with Crippen molar-refractivity contribution in [1.29, 1.82) is 0 Å². The number of aromatic nitrogens is 1. The van der Waals surface area contributed by atoms with Crippen molar-refractivity contribution in [1.82, 2.24) is 15.2 Å². The fourth-order valence-corrected chi connectivity index (χ4v) is 3.57. The van der Waals surface area contributed by atoms with E-state index >= 15 is 0 Å². The van der Waals surface area contributed by atoms with Crippen LogP contribution in [0.3, 0.4) is 0 Å². The number of fused-ring (bicyclic) bond motifs is 1. The maximum atomic E-state index is 12.7. The summed E-state index contributed by atoms with van der Waals surface area (Å²) in [5.41, 5.74) is 3.19. The molecule has 1 aliphatic heterocycles. The molecule has 1 aromatic heterocycles. The average molecular weight is 377 g/mol. The van der Waals surface area contributed by atoms with Crippen molar-refractivity contribution >= 4 is 22.8 Å². The van der Waals surface area contributed by atoms with Crippen LogP contribution in [0.5, 0.6) is 5.75 Å². The standard InChI is InChI=1S/C22H23N3O3/c1-15-6-4-7-17(12-15)28-11-5-10-25-21(26)20(24-22(25)27)13-16-14-23-19-9-3-2-8-18(16)19/h2-4,6-9,12,14,20,23H,5,10-11,13H2,1H3,(H,24,27)/t20-/m0/s1. The average Bonchev–Trinajstić information content (AvgIpc) is 3.21. The van der Waals surface area contributed by atoms with E-state index in [0.29, 0.717) is 26.0 Å². The number of aryl methyl sites for hydroxylation is 1. The molecule has 2 N–H and O–H groups in total. The lowest BCUT2D eigenvalue weighted by Crippen LogP contribution is -2.33. The first-order valence-electron chi connectivity index (χ1n) is 9.48. The Balaban J connectivity index is 1.32. The van der Waals surface area contributed by atoms with Gasteiger partial charge in [-0.15, -0.1) is 0 Å². The van der Waals surface area contributed by atoms with Gasteiger partial charge in [-0.2, -0.15) is 0 Å². The summed E-state index contributed by atoms with van der Waals surface area (Å²) in [7, 11) is 0. The number of carbonyl (C=O) groups is 2. The lowest BCUT2D eigenvalue weighted by Gasteiger charge is -2.13. The number of imide groups is 1. The number of nitrogens with zero attached hydrogens (tertiary/aromatic N) is 1. The van der Waals surface area contributed by atoms with E-state index in [9.17, 15) is 9.59 Å². The molecular formula is C22H23N3O3. The van der Waals surface area contributed by atoms with E-state index in [1.54, 1.807) is 0 Å². The maximum Gasteiger partial charge on any atom is 0.324 e. The predicted octanol–water partition coefficient (Wildman–Crippen LogP) is 3.41. The van der Waals surface area contributed by atoms with Crippen LogP contribution < -0.4 is 10.1 Å². The second-order valence-corrected chi connectivity index (χ2v) is 7.07. The summed E-state index contributed by atoms with van der Waals surface area (Å²) in [6.07, 6.45) is 2.97. The fraction of sp³-hybridized carbons (Fsp3) is 0.273. The van der Waals surface area contributed by atoms with Crippen molar-refractivity contribution in [2.24, 2.45) is 0 Å². The molecule has 1 aliphatic rings. The molecule has 2 aromatic carbocycles. The van der Waals surface area contributed by atoms with Gasteiger partial charge in [-0.25, -0.2) is 4.79 Å². The van der Waals surface area contributed by atoms with Crippen LogP contribution in [0.1, 0.15) is 17.5 Å². The third-order valence-electron chi connectivity index (χ3n) is 4.99. The first-order chi connectivity index (χ1) is 13.6. The molecule has 1 fully saturated rings. The van der Waals surface area contributed by atoms with Gasteiger partial charge in [0.25, 0.3) is 5.91 Å². The number of hydrogen-bond donors (Lipinski definition) is 2. The van der Waals surface area contributed by atoms with E-state index in [-0.39, 0.29) is 11.9 Å². The molecular weight excluding hydrogens is 354 g/mol. The number of rotatable bonds is 7. The quantitative estimate of drug-likeness (QED) is 0.489. The fourth-order valence-electron chi connectivity index (χ4n) is 3.57. The minimum absolute atomic E-state index is 0.175. The minimum atomic E-state index is -0.524. The van der Waals surface area contributed by atoms with Crippen molar-refractivity contribution in [3.05, 3.63) is 65.9 Å². The van der Waals surface area contributed by atoms with Crippen molar-refractivity contribution in [2.45, 2.75) is 25.8 Å². The molecule has 6 heteroatoms. The van der Waals surface area contributed by atoms with Gasteiger partial charge in [-0.1, -0.05) is 30.3 Å². The molecule has 2 heterocycles. The Kier molecular flexibility index (Phi) is 5.02. The van der Waals surface area contributed by atoms with Gasteiger partial charge in [0.2, 0.25) is 0 Å². The number of para-hydroxylation sites is 1. The molecule has 3 amide bonds. The van der Waals surface area contributed by atoms with Gasteiger partial charge in [-0.05, 0) is 42.7 Å². The van der Waals surface area contributed by atoms with Crippen LogP contribution >= 0.6 is 0 Å². The molecule has 0 unspecified atom stereocenters. The van der Waals surface area contributed by atoms with Crippen molar-refractivity contribution in [2.75, 3.05) is 13.2 Å². The van der Waals surface area contributed by atoms with Crippen LogP contribution in [0.25, 0.3) is 10.9 Å². The van der Waals surface area contributed by atoms with E-state index in [0.717, 1.165) is 27.8 Å². The molecule has 0 spiro atoms. The Morgan fingerprint density at radius 3 is 2.82 bits per heavy atom. The SMILES string of the molecule is Cc1cccc(OCCCN2C(=O)N[C@@H](Cc3c[nH]c4ccccc34)C2=O)c1. The van der Waals surface area contributed by atoms with Crippen LogP contribution in [0, 0.1) is 6.92 Å². The summed E-state index contributed by atoms with van der Waals surface area (Å²) < 4.78 is 5.70. The Morgan fingerprint density at radius 2 is 1.96 bits per heavy atom. The molecule has 0 bridgehead atoms. The number of aromatic amines is 1. The van der Waals surface area contributed by atoms with Gasteiger partial charge in [0.1, 0.15) is 11.8 Å². The third kappa shape index (κ3) is 3.71. The summed E-state index contributed by atoms with van der Waals surface area (Å²) in [4.78, 5) is 29.4. The summed E-state index contributed by atoms with van der Waals surface area (Å²) in [6.45, 7) is 2.81. The highest BCUT2D eigenvalue weighted by Crippen LogP contribution is 2.21. The predicted molar refractivity (Wildman–Crippen MR) is 107 cm³/mol. The Bertz CT molecular complexity index is 1010. The molecule has 0 saturated carbocycles. The van der Waals surface area contributed by atoms with Crippen LogP contribution in [-0.4, -0.2) is 41.0 Å². The van der Waals surface area contributed by atoms with Gasteiger partial charge >= 0.3 is 6.03 Å². The van der Waals surface area contributed by atoms with Crippen LogP contribution in [0.15, 0.2) is 54.7 Å². The molecule has 1 saturated heterocycles. The minimum Gasteiger partial charge on any atom is -0.494 e. The zero-order valence-corrected chi connectivity index (χ0v) is 15.8. The molecule has 4 rings (SSSR count). The highest BCUT2D eigenvalue weighted by molar-refractivity contribution is 6.04. The van der Waals surface area contributed by atoms with Gasteiger partial charge < -0.3 is 15.0 Å². The Labute approximate surface area is 163 Å². The number of H-pyrrole nitrogens is 1. The summed E-state index contributed by atoms with van der Waals surface area (Å²) in [5, 5.41) is 3.88. The second-order valence-electron chi connectivity index (χ2n) is 7.07. The van der Waals surface area contributed by atoms with Crippen LogP contribution in [0.2, 0.25) is 0 Å². The topological polar surface area (TPSA) is 74.4 Å². The second kappa shape index (κ2) is 7.76. The number of amides is 3. The number of urea groups is 1. The van der Waals surface area contributed by atoms with Gasteiger partial charge in [0.05, 0.1) is 6.61 Å². The monoisotopic (exact) mass is 377 g/mol. The van der Waals surface area contributed by atoms with Crippen molar-refractivity contribution < 1.29 is 14.3 Å². The first-order valence-corrected chi connectivity index (χ1v) is 9.48. The smallest absolute Gasteiger partial charge is 0.324 e. The number of hydrogen-bond acceptors (Lipinski definition) is 3. The highest BCUT2D eigenvalue weighted by atomic mass is 16.5. The van der Waals surface area contributed by atoms with Crippen LogP contribution in [0.4, 0.5) is 4.79 Å². The highest BCUT2D eigenvalue weighted by Gasteiger charge is 2.37. The number of carbonyl (C=O) groups excluding carboxylic acids is 2. The summed E-state index contributed by atoms with van der Waals surface area (Å²) in [6, 6.07) is 14.9. The molecule has 144 valence electrons. The van der Waals surface area contributed by atoms with E-state index < -0.39 is 6.04 Å². The van der Waals surface area contributed by atoms with Crippen LogP contribution in [-0.2, 0) is 11.2 Å². The molecule has 28 heavy (non-hydrogen) atoms. The zero-order valence-electron chi connectivity index (χ0n) is 15.8. The Morgan fingerprint density at radius 1 is 1.11 bits per heavy atom. The number of nitrogens with one attached hydrogen (secondary N) is 2. The lowest BCUT2D eigenvalue weighted by atomic mass is 10.1. The molecule has 1 atom stereocenters. The number of ether oxygens (including phenoxy) is 1. The van der Waals surface area contributed by atoms with Gasteiger partial charge in [-0.3, -0.25) is 9.69 Å². The normalized spacial score (nSPS) is 16.6. The summed E-state index contributed by atoms with van der Waals surface area (Å²) >= 11 is 0. The van der Waals surface area contributed by atoms with E-state index in [1.165, 1.54) is 4.90 Å². The Hall–Kier alpha value is -3.28. The maximum absolute atomic E-state index is 12.7. The first kappa shape index (κ1) is 18.1. The van der Waals surface area contributed by atoms with E-state index in [2.05, 4.69) is 10.3 Å². The van der Waals surface area contributed by atoms with Gasteiger partial charge in [0.15, 0.2) is 0 Å². The van der Waals surface area contributed by atoms with E-state index in [4.69, 9.17) is 4.74 Å². The zero-order chi connectivity index (χ0) is 19.5. The molecule has 0 radical (unpaired) electrons.